The van der Waals surface area contributed by atoms with E-state index in [9.17, 15) is 4.39 Å². The van der Waals surface area contributed by atoms with E-state index in [1.54, 1.807) is 30.3 Å². The van der Waals surface area contributed by atoms with E-state index in [4.69, 9.17) is 20.9 Å². The van der Waals surface area contributed by atoms with Crippen LogP contribution in [0.1, 0.15) is 11.7 Å². The maximum atomic E-state index is 14.0. The molecule has 5 aromatic rings. The van der Waals surface area contributed by atoms with Gasteiger partial charge in [0.05, 0.1) is 5.75 Å². The molecule has 0 atom stereocenters. The van der Waals surface area contributed by atoms with Gasteiger partial charge in [-0.2, -0.15) is 4.98 Å². The van der Waals surface area contributed by atoms with Gasteiger partial charge in [0, 0.05) is 16.3 Å². The predicted octanol–water partition coefficient (Wildman–Crippen LogP) is 5.98. The van der Waals surface area contributed by atoms with Crippen LogP contribution in [0.2, 0.25) is 5.02 Å². The summed E-state index contributed by atoms with van der Waals surface area (Å²) >= 11 is 7.44. The maximum Gasteiger partial charge on any atom is 0.237 e. The lowest BCUT2D eigenvalue weighted by molar-refractivity contribution is 0.278. The highest BCUT2D eigenvalue weighted by molar-refractivity contribution is 7.98. The topological polar surface area (TPSA) is 78.9 Å². The van der Waals surface area contributed by atoms with Crippen molar-refractivity contribution in [3.05, 3.63) is 101 Å². The van der Waals surface area contributed by atoms with Crippen LogP contribution in [-0.4, -0.2) is 24.9 Å². The first-order chi connectivity index (χ1) is 16.7. The lowest BCUT2D eigenvalue weighted by atomic mass is 10.2. The molecule has 0 spiro atoms. The summed E-state index contributed by atoms with van der Waals surface area (Å²) in [6.45, 7) is 0.0445. The number of ether oxygens (including phenoxy) is 1. The molecular weight excluding hydrogens is 477 g/mol. The molecule has 5 rings (SSSR count). The summed E-state index contributed by atoms with van der Waals surface area (Å²) in [5, 5.41) is 13.8. The number of aromatic nitrogens is 5. The van der Waals surface area contributed by atoms with Crippen molar-refractivity contribution in [3.63, 3.8) is 0 Å². The fraction of sp³-hybridized carbons (Fsp3) is 0.0833. The number of rotatable bonds is 8. The van der Waals surface area contributed by atoms with Gasteiger partial charge in [-0.1, -0.05) is 71.0 Å². The van der Waals surface area contributed by atoms with Gasteiger partial charge in [0.15, 0.2) is 22.5 Å². The second-order valence-electron chi connectivity index (χ2n) is 7.10. The van der Waals surface area contributed by atoms with Crippen LogP contribution in [0.25, 0.3) is 17.1 Å². The van der Waals surface area contributed by atoms with Crippen LogP contribution in [0.15, 0.2) is 88.5 Å². The Balaban J connectivity index is 1.36. The van der Waals surface area contributed by atoms with Gasteiger partial charge in [-0.05, 0) is 36.4 Å². The van der Waals surface area contributed by atoms with Gasteiger partial charge >= 0.3 is 0 Å². The monoisotopic (exact) mass is 493 g/mol. The average molecular weight is 494 g/mol. The number of hydrogen-bond acceptors (Lipinski definition) is 7. The first-order valence-electron chi connectivity index (χ1n) is 10.3. The Kier molecular flexibility index (Phi) is 6.55. The Bertz CT molecular complexity index is 1410. The molecule has 10 heteroatoms. The Morgan fingerprint density at radius 1 is 0.971 bits per heavy atom. The third-order valence-electron chi connectivity index (χ3n) is 4.78. The molecule has 0 aliphatic carbocycles. The van der Waals surface area contributed by atoms with Crippen LogP contribution in [0.3, 0.4) is 0 Å². The molecule has 3 aromatic carbocycles. The highest BCUT2D eigenvalue weighted by Gasteiger charge is 2.17. The van der Waals surface area contributed by atoms with E-state index < -0.39 is 5.82 Å². The van der Waals surface area contributed by atoms with Crippen LogP contribution >= 0.6 is 23.4 Å². The average Bonchev–Trinajstić information content (AvgIpc) is 3.50. The number of thioether (sulfide) groups is 1. The third-order valence-corrected chi connectivity index (χ3v) is 5.93. The molecule has 0 fully saturated rings. The summed E-state index contributed by atoms with van der Waals surface area (Å²) in [4.78, 5) is 4.45. The van der Waals surface area contributed by atoms with E-state index in [1.165, 1.54) is 17.8 Å². The highest BCUT2D eigenvalue weighted by atomic mass is 35.5. The molecule has 170 valence electrons. The van der Waals surface area contributed by atoms with E-state index in [0.717, 1.165) is 11.3 Å². The molecule has 7 nitrogen and oxygen atoms in total. The Morgan fingerprint density at radius 3 is 2.62 bits per heavy atom. The largest absolute Gasteiger partial charge is 0.483 e. The van der Waals surface area contributed by atoms with Crippen molar-refractivity contribution in [2.75, 3.05) is 0 Å². The molecular formula is C24H17ClFN5O2S. The molecule has 0 amide bonds. The molecule has 0 aliphatic heterocycles. The van der Waals surface area contributed by atoms with Crippen molar-refractivity contribution in [1.82, 2.24) is 24.9 Å². The van der Waals surface area contributed by atoms with Crippen molar-refractivity contribution in [2.45, 2.75) is 17.5 Å². The smallest absolute Gasteiger partial charge is 0.237 e. The minimum Gasteiger partial charge on any atom is -0.483 e. The van der Waals surface area contributed by atoms with E-state index in [1.807, 2.05) is 47.0 Å². The van der Waals surface area contributed by atoms with Gasteiger partial charge in [0.1, 0.15) is 6.61 Å². The van der Waals surface area contributed by atoms with Crippen LogP contribution in [-0.2, 0) is 12.4 Å². The van der Waals surface area contributed by atoms with Crippen LogP contribution in [0.4, 0.5) is 4.39 Å². The van der Waals surface area contributed by atoms with E-state index in [0.29, 0.717) is 33.5 Å². The zero-order valence-electron chi connectivity index (χ0n) is 17.6. The Labute approximate surface area is 203 Å². The summed E-state index contributed by atoms with van der Waals surface area (Å²) in [6, 6.07) is 23.1. The first kappa shape index (κ1) is 22.1. The number of hydrogen-bond donors (Lipinski definition) is 0. The zero-order valence-corrected chi connectivity index (χ0v) is 19.2. The first-order valence-corrected chi connectivity index (χ1v) is 11.6. The van der Waals surface area contributed by atoms with Crippen molar-refractivity contribution in [1.29, 1.82) is 0 Å². The molecule has 0 saturated heterocycles. The van der Waals surface area contributed by atoms with Crippen LogP contribution in [0.5, 0.6) is 5.75 Å². The predicted molar refractivity (Wildman–Crippen MR) is 126 cm³/mol. The molecule has 0 bridgehead atoms. The van der Waals surface area contributed by atoms with Crippen molar-refractivity contribution in [3.8, 4) is 22.8 Å². The molecule has 0 unspecified atom stereocenters. The molecule has 0 N–H and O–H groups in total. The Hall–Kier alpha value is -3.69. The molecule has 2 aromatic heterocycles. The molecule has 2 heterocycles. The summed E-state index contributed by atoms with van der Waals surface area (Å²) in [7, 11) is 0. The second-order valence-corrected chi connectivity index (χ2v) is 8.48. The van der Waals surface area contributed by atoms with E-state index in [2.05, 4.69) is 20.3 Å². The third kappa shape index (κ3) is 4.95. The lowest BCUT2D eigenvalue weighted by Crippen LogP contribution is -2.07. The zero-order chi connectivity index (χ0) is 23.3. The standard InChI is InChI=1S/C24H17ClFN5O2S/c25-17-8-6-7-16(13-17)23-27-22(33-30-23)15-34-24-29-28-21(31(24)18-9-2-1-3-10-18)14-32-20-12-5-4-11-19(20)26/h1-13H,14-15H2. The lowest BCUT2D eigenvalue weighted by Gasteiger charge is -2.11. The van der Waals surface area contributed by atoms with Crippen molar-refractivity contribution in [2.24, 2.45) is 0 Å². The number of benzene rings is 3. The summed E-state index contributed by atoms with van der Waals surface area (Å²) < 4.78 is 26.9. The maximum absolute atomic E-state index is 14.0. The molecule has 0 saturated carbocycles. The van der Waals surface area contributed by atoms with Crippen molar-refractivity contribution >= 4 is 23.4 Å². The molecule has 0 aliphatic rings. The number of para-hydroxylation sites is 2. The fourth-order valence-electron chi connectivity index (χ4n) is 3.21. The summed E-state index contributed by atoms with van der Waals surface area (Å²) in [5.74, 6) is 1.52. The van der Waals surface area contributed by atoms with E-state index >= 15 is 0 Å². The number of nitrogens with zero attached hydrogens (tertiary/aromatic N) is 5. The number of halogens is 2. The molecule has 34 heavy (non-hydrogen) atoms. The summed E-state index contributed by atoms with van der Waals surface area (Å²) in [5.41, 5.74) is 1.62. The van der Waals surface area contributed by atoms with Gasteiger partial charge in [0.2, 0.25) is 11.7 Å². The van der Waals surface area contributed by atoms with Crippen LogP contribution in [0, 0.1) is 5.82 Å². The molecule has 0 radical (unpaired) electrons. The Morgan fingerprint density at radius 2 is 1.79 bits per heavy atom. The minimum absolute atomic E-state index is 0.0445. The summed E-state index contributed by atoms with van der Waals surface area (Å²) in [6.07, 6.45) is 0. The van der Waals surface area contributed by atoms with Gasteiger partial charge in [-0.15, -0.1) is 10.2 Å². The van der Waals surface area contributed by atoms with Gasteiger partial charge in [-0.3, -0.25) is 4.57 Å². The van der Waals surface area contributed by atoms with Crippen molar-refractivity contribution < 1.29 is 13.7 Å². The van der Waals surface area contributed by atoms with Gasteiger partial charge in [-0.25, -0.2) is 4.39 Å². The SMILES string of the molecule is Fc1ccccc1OCc1nnc(SCc2nc(-c3cccc(Cl)c3)no2)n1-c1ccccc1. The highest BCUT2D eigenvalue weighted by Crippen LogP contribution is 2.27. The quantitative estimate of drug-likeness (QED) is 0.246. The second kappa shape index (κ2) is 10.1. The minimum atomic E-state index is -0.435. The normalized spacial score (nSPS) is 11.0. The van der Waals surface area contributed by atoms with Gasteiger partial charge < -0.3 is 9.26 Å². The fourth-order valence-corrected chi connectivity index (χ4v) is 4.21. The van der Waals surface area contributed by atoms with Crippen LogP contribution < -0.4 is 4.74 Å². The van der Waals surface area contributed by atoms with Gasteiger partial charge in [0.25, 0.3) is 0 Å². The van der Waals surface area contributed by atoms with E-state index in [-0.39, 0.29) is 12.4 Å².